The van der Waals surface area contributed by atoms with Crippen LogP contribution in [0, 0.1) is 22.7 Å². The second kappa shape index (κ2) is 4.70. The molecule has 2 N–H and O–H groups in total. The van der Waals surface area contributed by atoms with Gasteiger partial charge in [0.15, 0.2) is 0 Å². The summed E-state index contributed by atoms with van der Waals surface area (Å²) in [7, 11) is 0. The van der Waals surface area contributed by atoms with Crippen LogP contribution in [0.3, 0.4) is 0 Å². The highest BCUT2D eigenvalue weighted by molar-refractivity contribution is 6.31. The van der Waals surface area contributed by atoms with Crippen molar-refractivity contribution in [3.8, 4) is 0 Å². The summed E-state index contributed by atoms with van der Waals surface area (Å²) in [5.74, 6) is 1.85. The van der Waals surface area contributed by atoms with E-state index in [-0.39, 0.29) is 6.04 Å². The molecule has 21 heavy (non-hydrogen) atoms. The summed E-state index contributed by atoms with van der Waals surface area (Å²) in [4.78, 5) is 4.08. The number of pyridine rings is 1. The Morgan fingerprint density at radius 2 is 2.05 bits per heavy atom. The highest BCUT2D eigenvalue weighted by Crippen LogP contribution is 2.66. The average molecular weight is 305 g/mol. The van der Waals surface area contributed by atoms with Crippen LogP contribution < -0.4 is 5.73 Å². The summed E-state index contributed by atoms with van der Waals surface area (Å²) < 4.78 is 0. The number of aromatic nitrogens is 1. The smallest absolute Gasteiger partial charge is 0.0621 e. The summed E-state index contributed by atoms with van der Waals surface area (Å²) in [5.41, 5.74) is 8.85. The molecule has 0 saturated heterocycles. The van der Waals surface area contributed by atoms with Crippen molar-refractivity contribution in [1.29, 1.82) is 0 Å². The first-order valence-corrected chi connectivity index (χ1v) is 8.70. The second-order valence-electron chi connectivity index (χ2n) is 8.41. The van der Waals surface area contributed by atoms with Gasteiger partial charge in [0, 0.05) is 18.4 Å². The fourth-order valence-electron chi connectivity index (χ4n) is 6.25. The lowest BCUT2D eigenvalue weighted by Gasteiger charge is -2.63. The second-order valence-corrected chi connectivity index (χ2v) is 8.82. The van der Waals surface area contributed by atoms with E-state index in [9.17, 15) is 0 Å². The molecule has 5 rings (SSSR count). The molecule has 3 unspecified atom stereocenters. The fourth-order valence-corrected chi connectivity index (χ4v) is 6.45. The number of nitrogens with two attached hydrogens (primary N) is 1. The van der Waals surface area contributed by atoms with Crippen LogP contribution in [0.2, 0.25) is 5.02 Å². The van der Waals surface area contributed by atoms with Gasteiger partial charge < -0.3 is 5.73 Å². The largest absolute Gasteiger partial charge is 0.327 e. The lowest BCUT2D eigenvalue weighted by atomic mass is 9.43. The molecule has 4 aliphatic rings. The molecule has 4 saturated carbocycles. The molecule has 3 atom stereocenters. The van der Waals surface area contributed by atoms with E-state index in [1.165, 1.54) is 44.1 Å². The Kier molecular flexibility index (Phi) is 3.14. The quantitative estimate of drug-likeness (QED) is 0.908. The molecule has 3 heteroatoms. The maximum Gasteiger partial charge on any atom is 0.0621 e. The Bertz CT molecular complexity index is 542. The predicted octanol–water partition coefficient (Wildman–Crippen LogP) is 4.21. The standard InChI is InChI=1S/C18H25ClN2/c1-17-6-12-4-13(7-17)9-18(8-12,11-17)16(20)5-14-2-3-21-10-15(14)19/h2-3,10,12-13,16H,4-9,11,20H2,1H3. The topological polar surface area (TPSA) is 38.9 Å². The van der Waals surface area contributed by atoms with Crippen LogP contribution in [-0.4, -0.2) is 11.0 Å². The molecule has 4 aliphatic carbocycles. The van der Waals surface area contributed by atoms with Gasteiger partial charge in [-0.1, -0.05) is 18.5 Å². The van der Waals surface area contributed by atoms with Crippen LogP contribution in [-0.2, 0) is 6.42 Å². The van der Waals surface area contributed by atoms with Gasteiger partial charge in [-0.15, -0.1) is 0 Å². The van der Waals surface area contributed by atoms with Crippen molar-refractivity contribution < 1.29 is 0 Å². The van der Waals surface area contributed by atoms with Gasteiger partial charge in [0.2, 0.25) is 0 Å². The average Bonchev–Trinajstić information content (AvgIpc) is 2.38. The molecule has 0 spiro atoms. The SMILES string of the molecule is CC12CC3CC(C1)CC(C(N)Cc1ccncc1Cl)(C3)C2. The molecular weight excluding hydrogens is 280 g/mol. The zero-order valence-corrected chi connectivity index (χ0v) is 13.6. The number of hydrogen-bond donors (Lipinski definition) is 1. The van der Waals surface area contributed by atoms with E-state index >= 15 is 0 Å². The monoisotopic (exact) mass is 304 g/mol. The first-order valence-electron chi connectivity index (χ1n) is 8.32. The molecule has 2 nitrogen and oxygen atoms in total. The molecule has 4 fully saturated rings. The van der Waals surface area contributed by atoms with Gasteiger partial charge >= 0.3 is 0 Å². The van der Waals surface area contributed by atoms with Gasteiger partial charge in [-0.3, -0.25) is 4.98 Å². The van der Waals surface area contributed by atoms with Crippen molar-refractivity contribution in [3.63, 3.8) is 0 Å². The minimum atomic E-state index is 0.239. The van der Waals surface area contributed by atoms with Gasteiger partial charge in [-0.05, 0) is 79.2 Å². The van der Waals surface area contributed by atoms with Crippen molar-refractivity contribution in [1.82, 2.24) is 4.98 Å². The predicted molar refractivity (Wildman–Crippen MR) is 86.1 cm³/mol. The van der Waals surface area contributed by atoms with Crippen LogP contribution in [0.4, 0.5) is 0 Å². The Labute approximate surface area is 132 Å². The normalized spacial score (nSPS) is 42.2. The maximum absolute atomic E-state index is 6.75. The van der Waals surface area contributed by atoms with Gasteiger partial charge in [0.05, 0.1) is 5.02 Å². The summed E-state index contributed by atoms with van der Waals surface area (Å²) >= 11 is 6.29. The van der Waals surface area contributed by atoms with E-state index in [0.717, 1.165) is 23.3 Å². The summed E-state index contributed by atoms with van der Waals surface area (Å²) in [6.07, 6.45) is 12.8. The van der Waals surface area contributed by atoms with E-state index in [0.29, 0.717) is 10.8 Å². The Balaban J connectivity index is 1.59. The molecule has 0 aliphatic heterocycles. The molecule has 0 radical (unpaired) electrons. The van der Waals surface area contributed by atoms with E-state index in [1.807, 2.05) is 12.3 Å². The maximum atomic E-state index is 6.75. The van der Waals surface area contributed by atoms with Gasteiger partial charge in [-0.25, -0.2) is 0 Å². The highest BCUT2D eigenvalue weighted by Gasteiger charge is 2.57. The lowest BCUT2D eigenvalue weighted by Crippen LogP contribution is -2.58. The number of nitrogens with zero attached hydrogens (tertiary/aromatic N) is 1. The molecule has 4 bridgehead atoms. The summed E-state index contributed by atoms with van der Waals surface area (Å²) in [6.45, 7) is 2.51. The molecule has 114 valence electrons. The fraction of sp³-hybridized carbons (Fsp3) is 0.722. The van der Waals surface area contributed by atoms with Crippen molar-refractivity contribution >= 4 is 11.6 Å². The Hall–Kier alpha value is -0.600. The molecular formula is C18H25ClN2. The number of halogens is 1. The van der Waals surface area contributed by atoms with E-state index in [4.69, 9.17) is 17.3 Å². The zero-order valence-electron chi connectivity index (χ0n) is 12.8. The van der Waals surface area contributed by atoms with Gasteiger partial charge in [0.25, 0.3) is 0 Å². The summed E-state index contributed by atoms with van der Waals surface area (Å²) in [6, 6.07) is 2.27. The van der Waals surface area contributed by atoms with Crippen LogP contribution in [0.1, 0.15) is 51.0 Å². The third-order valence-electron chi connectivity index (χ3n) is 6.48. The van der Waals surface area contributed by atoms with E-state index < -0.39 is 0 Å². The first kappa shape index (κ1) is 14.0. The van der Waals surface area contributed by atoms with Crippen LogP contribution in [0.25, 0.3) is 0 Å². The first-order chi connectivity index (χ1) is 9.98. The molecule has 0 amide bonds. The van der Waals surface area contributed by atoms with Crippen molar-refractivity contribution in [2.24, 2.45) is 28.4 Å². The highest BCUT2D eigenvalue weighted by atomic mass is 35.5. The third kappa shape index (κ3) is 2.31. The van der Waals surface area contributed by atoms with E-state index in [2.05, 4.69) is 11.9 Å². The molecule has 1 aromatic rings. The third-order valence-corrected chi connectivity index (χ3v) is 6.82. The Morgan fingerprint density at radius 3 is 2.67 bits per heavy atom. The lowest BCUT2D eigenvalue weighted by molar-refractivity contribution is -0.112. The summed E-state index contributed by atoms with van der Waals surface area (Å²) in [5, 5.41) is 0.767. The van der Waals surface area contributed by atoms with Crippen molar-refractivity contribution in [3.05, 3.63) is 29.0 Å². The van der Waals surface area contributed by atoms with Crippen LogP contribution >= 0.6 is 11.6 Å². The minimum Gasteiger partial charge on any atom is -0.327 e. The Morgan fingerprint density at radius 1 is 1.33 bits per heavy atom. The number of rotatable bonds is 3. The molecule has 1 heterocycles. The number of hydrogen-bond acceptors (Lipinski definition) is 2. The molecule has 0 aromatic carbocycles. The van der Waals surface area contributed by atoms with Crippen LogP contribution in [0.5, 0.6) is 0 Å². The van der Waals surface area contributed by atoms with Gasteiger partial charge in [0.1, 0.15) is 0 Å². The van der Waals surface area contributed by atoms with Gasteiger partial charge in [-0.2, -0.15) is 0 Å². The van der Waals surface area contributed by atoms with Crippen molar-refractivity contribution in [2.75, 3.05) is 0 Å². The van der Waals surface area contributed by atoms with E-state index in [1.54, 1.807) is 6.20 Å². The van der Waals surface area contributed by atoms with Crippen molar-refractivity contribution in [2.45, 2.75) is 57.9 Å². The zero-order chi connectivity index (χ0) is 14.7. The van der Waals surface area contributed by atoms with Crippen LogP contribution in [0.15, 0.2) is 18.5 Å². The molecule has 1 aromatic heterocycles. The minimum absolute atomic E-state index is 0.239.